The number of hydrogen-bond donors (Lipinski definition) is 3. The van der Waals surface area contributed by atoms with Gasteiger partial charge in [0.15, 0.2) is 0 Å². The molecule has 8 heteroatoms. The molecule has 1 aliphatic carbocycles. The second kappa shape index (κ2) is 12.8. The van der Waals surface area contributed by atoms with Crippen molar-refractivity contribution >= 4 is 40.9 Å². The van der Waals surface area contributed by atoms with E-state index in [1.54, 1.807) is 18.2 Å². The van der Waals surface area contributed by atoms with Gasteiger partial charge in [0.25, 0.3) is 0 Å². The Balaban J connectivity index is 1.70. The third-order valence-electron chi connectivity index (χ3n) is 7.01. The number of carbonyl (C=O) groups excluding carboxylic acids is 1. The van der Waals surface area contributed by atoms with Gasteiger partial charge in [0, 0.05) is 31.4 Å². The number of carbonyl (C=O) groups is 2. The highest BCUT2D eigenvalue weighted by Crippen LogP contribution is 2.39. The molecule has 6 nitrogen and oxygen atoms in total. The summed E-state index contributed by atoms with van der Waals surface area (Å²) in [4.78, 5) is 26.1. The number of aliphatic carboxylic acids is 1. The monoisotopic (exact) mass is 533 g/mol. The van der Waals surface area contributed by atoms with Gasteiger partial charge < -0.3 is 20.6 Å². The maximum atomic E-state index is 13.5. The SMILES string of the molecule is CC(C)(C)C1CCC(N(Cc2ccc(CNCCC(=O)O)cc2)C(=O)Nc2ccc(Cl)c(Cl)c2)CC1. The maximum absolute atomic E-state index is 13.5. The first-order valence-electron chi connectivity index (χ1n) is 12.6. The van der Waals surface area contributed by atoms with Crippen LogP contribution in [-0.4, -0.2) is 34.6 Å². The standard InChI is InChI=1S/C28H37Cl2N3O3/c1-28(2,3)21-8-11-23(12-9-21)33(27(36)32-22-10-13-24(29)25(30)16-22)18-20-6-4-19(5-7-20)17-31-15-14-26(34)35/h4-7,10,13,16,21,23,31H,8-9,11-12,14-15,17-18H2,1-3H3,(H,32,36)(H,34,35). The Kier molecular flexibility index (Phi) is 10.1. The lowest BCUT2D eigenvalue weighted by atomic mass is 9.71. The molecule has 0 heterocycles. The highest BCUT2D eigenvalue weighted by molar-refractivity contribution is 6.42. The molecule has 0 bridgehead atoms. The maximum Gasteiger partial charge on any atom is 0.322 e. The Labute approximate surface area is 224 Å². The van der Waals surface area contributed by atoms with E-state index in [-0.39, 0.29) is 23.9 Å². The van der Waals surface area contributed by atoms with Crippen molar-refractivity contribution in [2.24, 2.45) is 11.3 Å². The van der Waals surface area contributed by atoms with Gasteiger partial charge in [-0.3, -0.25) is 4.79 Å². The van der Waals surface area contributed by atoms with Crippen molar-refractivity contribution in [3.8, 4) is 0 Å². The molecule has 1 aliphatic rings. The van der Waals surface area contributed by atoms with Crippen LogP contribution in [0.2, 0.25) is 10.0 Å². The van der Waals surface area contributed by atoms with Crippen molar-refractivity contribution in [2.75, 3.05) is 11.9 Å². The van der Waals surface area contributed by atoms with Crippen LogP contribution >= 0.6 is 23.2 Å². The van der Waals surface area contributed by atoms with E-state index in [0.717, 1.165) is 36.8 Å². The van der Waals surface area contributed by atoms with Crippen molar-refractivity contribution in [3.63, 3.8) is 0 Å². The molecular formula is C28H37Cl2N3O3. The molecule has 2 aromatic rings. The van der Waals surface area contributed by atoms with E-state index >= 15 is 0 Å². The van der Waals surface area contributed by atoms with Gasteiger partial charge in [0.2, 0.25) is 0 Å². The van der Waals surface area contributed by atoms with Crippen LogP contribution < -0.4 is 10.6 Å². The van der Waals surface area contributed by atoms with Crippen molar-refractivity contribution in [3.05, 3.63) is 63.6 Å². The largest absolute Gasteiger partial charge is 0.481 e. The highest BCUT2D eigenvalue weighted by Gasteiger charge is 2.33. The van der Waals surface area contributed by atoms with Crippen LogP contribution in [0.3, 0.4) is 0 Å². The average Bonchev–Trinajstić information content (AvgIpc) is 2.83. The molecule has 1 fully saturated rings. The summed E-state index contributed by atoms with van der Waals surface area (Å²) in [5.74, 6) is -0.157. The minimum atomic E-state index is -0.811. The number of urea groups is 1. The number of amides is 2. The molecule has 3 rings (SSSR count). The van der Waals surface area contributed by atoms with Gasteiger partial charge in [0.05, 0.1) is 16.5 Å². The normalized spacial score (nSPS) is 18.0. The molecule has 196 valence electrons. The van der Waals surface area contributed by atoms with E-state index in [2.05, 4.69) is 31.4 Å². The molecule has 2 aromatic carbocycles. The van der Waals surface area contributed by atoms with Gasteiger partial charge in [-0.05, 0) is 66.3 Å². The molecule has 0 atom stereocenters. The van der Waals surface area contributed by atoms with E-state index in [4.69, 9.17) is 28.3 Å². The topological polar surface area (TPSA) is 81.7 Å². The van der Waals surface area contributed by atoms with Gasteiger partial charge in [-0.15, -0.1) is 0 Å². The zero-order valence-electron chi connectivity index (χ0n) is 21.3. The van der Waals surface area contributed by atoms with Gasteiger partial charge in [-0.25, -0.2) is 4.79 Å². The summed E-state index contributed by atoms with van der Waals surface area (Å²) >= 11 is 12.2. The number of halogens is 2. The lowest BCUT2D eigenvalue weighted by Crippen LogP contribution is -2.45. The Morgan fingerprint density at radius 2 is 1.61 bits per heavy atom. The predicted octanol–water partition coefficient (Wildman–Crippen LogP) is 7.20. The van der Waals surface area contributed by atoms with Gasteiger partial charge >= 0.3 is 12.0 Å². The van der Waals surface area contributed by atoms with Crippen molar-refractivity contribution in [1.29, 1.82) is 0 Å². The quantitative estimate of drug-likeness (QED) is 0.297. The van der Waals surface area contributed by atoms with Gasteiger partial charge in [0.1, 0.15) is 0 Å². The number of carboxylic acids is 1. The average molecular weight is 535 g/mol. The van der Waals surface area contributed by atoms with E-state index in [1.807, 2.05) is 29.2 Å². The molecule has 0 aromatic heterocycles. The lowest BCUT2D eigenvalue weighted by Gasteiger charge is -2.41. The highest BCUT2D eigenvalue weighted by atomic mass is 35.5. The first kappa shape index (κ1) is 28.3. The summed E-state index contributed by atoms with van der Waals surface area (Å²) in [5, 5.41) is 15.8. The van der Waals surface area contributed by atoms with Crippen LogP contribution in [-0.2, 0) is 17.9 Å². The zero-order valence-corrected chi connectivity index (χ0v) is 22.8. The third-order valence-corrected chi connectivity index (χ3v) is 7.75. The van der Waals surface area contributed by atoms with Crippen molar-refractivity contribution in [2.45, 2.75) is 72.0 Å². The molecule has 3 N–H and O–H groups in total. The Morgan fingerprint density at radius 1 is 0.972 bits per heavy atom. The van der Waals surface area contributed by atoms with Crippen LogP contribution in [0.1, 0.15) is 64.0 Å². The number of carboxylic acid groups (broad SMARTS) is 1. The Morgan fingerprint density at radius 3 is 2.19 bits per heavy atom. The molecule has 0 aliphatic heterocycles. The smallest absolute Gasteiger partial charge is 0.322 e. The van der Waals surface area contributed by atoms with Crippen molar-refractivity contribution < 1.29 is 14.7 Å². The van der Waals surface area contributed by atoms with E-state index in [9.17, 15) is 9.59 Å². The van der Waals surface area contributed by atoms with Crippen molar-refractivity contribution in [1.82, 2.24) is 10.2 Å². The fourth-order valence-electron chi connectivity index (χ4n) is 4.78. The predicted molar refractivity (Wildman–Crippen MR) is 147 cm³/mol. The fraction of sp³-hybridized carbons (Fsp3) is 0.500. The number of anilines is 1. The second-order valence-corrected chi connectivity index (χ2v) is 11.5. The zero-order chi connectivity index (χ0) is 26.3. The van der Waals surface area contributed by atoms with E-state index in [1.165, 1.54) is 0 Å². The molecule has 2 amide bonds. The van der Waals surface area contributed by atoms with Crippen LogP contribution in [0.25, 0.3) is 0 Å². The summed E-state index contributed by atoms with van der Waals surface area (Å²) in [7, 11) is 0. The number of nitrogens with zero attached hydrogens (tertiary/aromatic N) is 1. The number of nitrogens with one attached hydrogen (secondary N) is 2. The molecule has 0 saturated heterocycles. The minimum absolute atomic E-state index is 0.0957. The number of hydrogen-bond acceptors (Lipinski definition) is 3. The lowest BCUT2D eigenvalue weighted by molar-refractivity contribution is -0.136. The number of rotatable bonds is 9. The fourth-order valence-corrected chi connectivity index (χ4v) is 5.07. The molecule has 0 spiro atoms. The summed E-state index contributed by atoms with van der Waals surface area (Å²) in [6.07, 6.45) is 4.25. The molecule has 0 radical (unpaired) electrons. The van der Waals surface area contributed by atoms with Crippen LogP contribution in [0, 0.1) is 11.3 Å². The van der Waals surface area contributed by atoms with Gasteiger partial charge in [-0.2, -0.15) is 0 Å². The first-order chi connectivity index (χ1) is 17.0. The Bertz CT molecular complexity index is 1030. The molecule has 0 unspecified atom stereocenters. The van der Waals surface area contributed by atoms with E-state index in [0.29, 0.717) is 41.3 Å². The van der Waals surface area contributed by atoms with Crippen LogP contribution in [0.4, 0.5) is 10.5 Å². The first-order valence-corrected chi connectivity index (χ1v) is 13.3. The number of benzene rings is 2. The van der Waals surface area contributed by atoms with Gasteiger partial charge in [-0.1, -0.05) is 68.2 Å². The van der Waals surface area contributed by atoms with Crippen LogP contribution in [0.15, 0.2) is 42.5 Å². The molecule has 1 saturated carbocycles. The van der Waals surface area contributed by atoms with E-state index < -0.39 is 5.97 Å². The summed E-state index contributed by atoms with van der Waals surface area (Å²) in [5.41, 5.74) is 3.01. The Hall–Kier alpha value is -2.28. The summed E-state index contributed by atoms with van der Waals surface area (Å²) in [6, 6.07) is 13.2. The summed E-state index contributed by atoms with van der Waals surface area (Å²) in [6.45, 7) is 8.42. The summed E-state index contributed by atoms with van der Waals surface area (Å²) < 4.78 is 0. The minimum Gasteiger partial charge on any atom is -0.481 e. The molecule has 36 heavy (non-hydrogen) atoms. The third kappa shape index (κ3) is 8.39. The second-order valence-electron chi connectivity index (χ2n) is 10.7. The van der Waals surface area contributed by atoms with Crippen LogP contribution in [0.5, 0.6) is 0 Å². The molecular weight excluding hydrogens is 497 g/mol.